The summed E-state index contributed by atoms with van der Waals surface area (Å²) >= 11 is 0. The molecule has 0 bridgehead atoms. The standard InChI is InChI=1S/C12H19N5/c1-17(2)11-4-3-7-14-10(11)8-15-12(13)16-9-5-6-9/h3-4,7,9H,5-6,8H2,1-2H3,(H3,13,15,16). The molecule has 0 aromatic carbocycles. The molecule has 5 nitrogen and oxygen atoms in total. The van der Waals surface area contributed by atoms with Gasteiger partial charge in [-0.25, -0.2) is 4.99 Å². The molecule has 0 saturated heterocycles. The van der Waals surface area contributed by atoms with Crippen LogP contribution in [0.4, 0.5) is 5.69 Å². The van der Waals surface area contributed by atoms with Crippen molar-refractivity contribution in [3.8, 4) is 0 Å². The third-order valence-electron chi connectivity index (χ3n) is 2.68. The first-order valence-electron chi connectivity index (χ1n) is 5.84. The second-order valence-electron chi connectivity index (χ2n) is 4.48. The molecule has 1 heterocycles. The Balaban J connectivity index is 2.01. The summed E-state index contributed by atoms with van der Waals surface area (Å²) in [6, 6.07) is 4.49. The SMILES string of the molecule is CN(C)c1cccnc1CN=C(N)NC1CC1. The van der Waals surface area contributed by atoms with E-state index in [9.17, 15) is 0 Å². The molecule has 17 heavy (non-hydrogen) atoms. The topological polar surface area (TPSA) is 66.5 Å². The monoisotopic (exact) mass is 233 g/mol. The number of aromatic nitrogens is 1. The fraction of sp³-hybridized carbons (Fsp3) is 0.500. The lowest BCUT2D eigenvalue weighted by molar-refractivity contribution is 0.869. The minimum absolute atomic E-state index is 0.514. The zero-order valence-electron chi connectivity index (χ0n) is 10.3. The summed E-state index contributed by atoms with van der Waals surface area (Å²) in [4.78, 5) is 10.7. The predicted molar refractivity (Wildman–Crippen MR) is 70.0 cm³/mol. The first kappa shape index (κ1) is 11.7. The summed E-state index contributed by atoms with van der Waals surface area (Å²) < 4.78 is 0. The molecule has 0 unspecified atom stereocenters. The van der Waals surface area contributed by atoms with Crippen LogP contribution in [0.25, 0.3) is 0 Å². The van der Waals surface area contributed by atoms with Gasteiger partial charge in [0, 0.05) is 26.3 Å². The Hall–Kier alpha value is -1.78. The molecular formula is C12H19N5. The largest absolute Gasteiger partial charge is 0.376 e. The average Bonchev–Trinajstić information content (AvgIpc) is 3.10. The number of aliphatic imine (C=N–C) groups is 1. The Morgan fingerprint density at radius 3 is 3.00 bits per heavy atom. The van der Waals surface area contributed by atoms with E-state index >= 15 is 0 Å². The highest BCUT2D eigenvalue weighted by atomic mass is 15.1. The van der Waals surface area contributed by atoms with E-state index in [1.807, 2.05) is 31.1 Å². The number of nitrogens with two attached hydrogens (primary N) is 1. The number of rotatable bonds is 4. The highest BCUT2D eigenvalue weighted by molar-refractivity contribution is 5.78. The maximum Gasteiger partial charge on any atom is 0.189 e. The van der Waals surface area contributed by atoms with Crippen molar-refractivity contribution in [1.82, 2.24) is 10.3 Å². The molecule has 1 aliphatic rings. The molecule has 0 amide bonds. The predicted octanol–water partition coefficient (Wildman–Crippen LogP) is 0.714. The zero-order chi connectivity index (χ0) is 12.3. The van der Waals surface area contributed by atoms with Gasteiger partial charge < -0.3 is 16.0 Å². The molecule has 92 valence electrons. The summed E-state index contributed by atoms with van der Waals surface area (Å²) in [5, 5.41) is 3.16. The van der Waals surface area contributed by atoms with Crippen LogP contribution in [0.1, 0.15) is 18.5 Å². The highest BCUT2D eigenvalue weighted by Crippen LogP contribution is 2.18. The van der Waals surface area contributed by atoms with Crippen LogP contribution in [-0.2, 0) is 6.54 Å². The van der Waals surface area contributed by atoms with E-state index in [0.29, 0.717) is 18.5 Å². The third-order valence-corrected chi connectivity index (χ3v) is 2.68. The van der Waals surface area contributed by atoms with Crippen molar-refractivity contribution in [2.45, 2.75) is 25.4 Å². The van der Waals surface area contributed by atoms with E-state index in [1.165, 1.54) is 12.8 Å². The van der Waals surface area contributed by atoms with Crippen molar-refractivity contribution < 1.29 is 0 Å². The Labute approximate surface area is 102 Å². The first-order valence-corrected chi connectivity index (χ1v) is 5.84. The van der Waals surface area contributed by atoms with E-state index < -0.39 is 0 Å². The van der Waals surface area contributed by atoms with Crippen LogP contribution in [0.2, 0.25) is 0 Å². The summed E-state index contributed by atoms with van der Waals surface area (Å²) in [6.45, 7) is 0.514. The van der Waals surface area contributed by atoms with Gasteiger partial charge in [0.2, 0.25) is 0 Å². The van der Waals surface area contributed by atoms with Gasteiger partial charge in [0.05, 0.1) is 17.9 Å². The van der Waals surface area contributed by atoms with Gasteiger partial charge in [-0.2, -0.15) is 0 Å². The summed E-state index contributed by atoms with van der Waals surface area (Å²) in [5.41, 5.74) is 7.81. The molecule has 0 radical (unpaired) electrons. The van der Waals surface area contributed by atoms with Crippen molar-refractivity contribution in [3.05, 3.63) is 24.0 Å². The Bertz CT molecular complexity index is 409. The maximum atomic E-state index is 5.79. The average molecular weight is 233 g/mol. The molecule has 0 atom stereocenters. The van der Waals surface area contributed by atoms with Crippen molar-refractivity contribution in [2.75, 3.05) is 19.0 Å². The number of nitrogens with zero attached hydrogens (tertiary/aromatic N) is 3. The van der Waals surface area contributed by atoms with Crippen LogP contribution in [0.15, 0.2) is 23.3 Å². The van der Waals surface area contributed by atoms with E-state index in [1.54, 1.807) is 6.20 Å². The van der Waals surface area contributed by atoms with Gasteiger partial charge in [0.1, 0.15) is 0 Å². The Morgan fingerprint density at radius 1 is 1.59 bits per heavy atom. The van der Waals surface area contributed by atoms with Gasteiger partial charge in [-0.15, -0.1) is 0 Å². The van der Waals surface area contributed by atoms with Crippen LogP contribution in [0, 0.1) is 0 Å². The Morgan fingerprint density at radius 2 is 2.35 bits per heavy atom. The lowest BCUT2D eigenvalue weighted by Crippen LogP contribution is -2.33. The van der Waals surface area contributed by atoms with Crippen molar-refractivity contribution in [3.63, 3.8) is 0 Å². The molecule has 1 fully saturated rings. The fourth-order valence-electron chi connectivity index (χ4n) is 1.60. The number of anilines is 1. The quantitative estimate of drug-likeness (QED) is 0.594. The molecule has 1 saturated carbocycles. The van der Waals surface area contributed by atoms with Crippen LogP contribution < -0.4 is 16.0 Å². The number of nitrogens with one attached hydrogen (secondary N) is 1. The summed E-state index contributed by atoms with van der Waals surface area (Å²) in [7, 11) is 3.99. The molecule has 1 aromatic rings. The second-order valence-corrected chi connectivity index (χ2v) is 4.48. The molecule has 1 aromatic heterocycles. The minimum Gasteiger partial charge on any atom is -0.376 e. The number of hydrogen-bond donors (Lipinski definition) is 2. The van der Waals surface area contributed by atoms with Crippen molar-refractivity contribution in [1.29, 1.82) is 0 Å². The molecular weight excluding hydrogens is 214 g/mol. The summed E-state index contributed by atoms with van der Waals surface area (Å²) in [6.07, 6.45) is 4.17. The van der Waals surface area contributed by atoms with E-state index in [4.69, 9.17) is 5.73 Å². The summed E-state index contributed by atoms with van der Waals surface area (Å²) in [5.74, 6) is 0.517. The van der Waals surface area contributed by atoms with E-state index in [0.717, 1.165) is 11.4 Å². The van der Waals surface area contributed by atoms with Crippen LogP contribution in [-0.4, -0.2) is 31.1 Å². The van der Waals surface area contributed by atoms with Gasteiger partial charge in [-0.3, -0.25) is 4.98 Å². The molecule has 3 N–H and O–H groups in total. The number of hydrogen-bond acceptors (Lipinski definition) is 3. The fourth-order valence-corrected chi connectivity index (χ4v) is 1.60. The van der Waals surface area contributed by atoms with Crippen molar-refractivity contribution >= 4 is 11.6 Å². The first-order chi connectivity index (χ1) is 8.16. The Kier molecular flexibility index (Phi) is 3.46. The van der Waals surface area contributed by atoms with Crippen LogP contribution in [0.3, 0.4) is 0 Å². The number of pyridine rings is 1. The third kappa shape index (κ3) is 3.34. The lowest BCUT2D eigenvalue weighted by atomic mass is 10.3. The maximum absolute atomic E-state index is 5.79. The smallest absolute Gasteiger partial charge is 0.189 e. The molecule has 0 spiro atoms. The van der Waals surface area contributed by atoms with E-state index in [-0.39, 0.29) is 0 Å². The van der Waals surface area contributed by atoms with Gasteiger partial charge in [0.15, 0.2) is 5.96 Å². The van der Waals surface area contributed by atoms with Gasteiger partial charge in [0.25, 0.3) is 0 Å². The molecule has 0 aliphatic heterocycles. The van der Waals surface area contributed by atoms with Gasteiger partial charge >= 0.3 is 0 Å². The van der Waals surface area contributed by atoms with Gasteiger partial charge in [-0.1, -0.05) is 0 Å². The zero-order valence-corrected chi connectivity index (χ0v) is 10.3. The van der Waals surface area contributed by atoms with E-state index in [2.05, 4.69) is 15.3 Å². The van der Waals surface area contributed by atoms with Gasteiger partial charge in [-0.05, 0) is 25.0 Å². The van der Waals surface area contributed by atoms with Crippen LogP contribution in [0.5, 0.6) is 0 Å². The number of guanidine groups is 1. The second kappa shape index (κ2) is 5.03. The molecule has 5 heteroatoms. The van der Waals surface area contributed by atoms with Crippen molar-refractivity contribution in [2.24, 2.45) is 10.7 Å². The van der Waals surface area contributed by atoms with Crippen LogP contribution >= 0.6 is 0 Å². The molecule has 2 rings (SSSR count). The highest BCUT2D eigenvalue weighted by Gasteiger charge is 2.21. The lowest BCUT2D eigenvalue weighted by Gasteiger charge is -2.15. The minimum atomic E-state index is 0.514. The molecule has 1 aliphatic carbocycles. The normalized spacial score (nSPS) is 15.8.